The third-order valence-corrected chi connectivity index (χ3v) is 6.11. The Bertz CT molecular complexity index is 833. The Labute approximate surface area is 160 Å². The summed E-state index contributed by atoms with van der Waals surface area (Å²) < 4.78 is 5.84. The van der Waals surface area contributed by atoms with E-state index in [1.54, 1.807) is 6.21 Å². The lowest BCUT2D eigenvalue weighted by Gasteiger charge is -2.15. The van der Waals surface area contributed by atoms with Gasteiger partial charge >= 0.3 is 0 Å². The Hall–Kier alpha value is -2.62. The average molecular weight is 362 g/mol. The van der Waals surface area contributed by atoms with Gasteiger partial charge in [0.2, 0.25) is 5.91 Å². The zero-order valence-electron chi connectivity index (χ0n) is 15.7. The minimum Gasteiger partial charge on any atom is -0.489 e. The van der Waals surface area contributed by atoms with E-state index >= 15 is 0 Å². The van der Waals surface area contributed by atoms with E-state index in [1.807, 2.05) is 54.6 Å². The molecule has 1 amide bonds. The van der Waals surface area contributed by atoms with Crippen molar-refractivity contribution in [3.63, 3.8) is 0 Å². The molecule has 2 fully saturated rings. The van der Waals surface area contributed by atoms with E-state index in [2.05, 4.69) is 17.5 Å². The molecule has 0 bridgehead atoms. The van der Waals surface area contributed by atoms with Crippen molar-refractivity contribution in [2.24, 2.45) is 22.4 Å². The van der Waals surface area contributed by atoms with Gasteiger partial charge in [-0.15, -0.1) is 0 Å². The molecule has 0 unspecified atom stereocenters. The van der Waals surface area contributed by atoms with Gasteiger partial charge in [0.15, 0.2) is 0 Å². The normalized spacial score (nSPS) is 26.4. The predicted octanol–water partition coefficient (Wildman–Crippen LogP) is 4.54. The molecule has 1 N–H and O–H groups in total. The summed E-state index contributed by atoms with van der Waals surface area (Å²) in [6.07, 6.45) is 6.53. The van der Waals surface area contributed by atoms with Crippen molar-refractivity contribution < 1.29 is 9.53 Å². The molecule has 2 aromatic carbocycles. The fourth-order valence-corrected chi connectivity index (χ4v) is 4.52. The van der Waals surface area contributed by atoms with Crippen molar-refractivity contribution in [1.29, 1.82) is 0 Å². The molecule has 140 valence electrons. The van der Waals surface area contributed by atoms with Gasteiger partial charge in [0.1, 0.15) is 12.4 Å². The van der Waals surface area contributed by atoms with E-state index in [9.17, 15) is 4.79 Å². The molecule has 2 saturated carbocycles. The summed E-state index contributed by atoms with van der Waals surface area (Å²) in [7, 11) is 0. The van der Waals surface area contributed by atoms with Gasteiger partial charge in [-0.2, -0.15) is 5.10 Å². The third-order valence-electron chi connectivity index (χ3n) is 6.11. The van der Waals surface area contributed by atoms with Gasteiger partial charge < -0.3 is 4.74 Å². The first-order chi connectivity index (χ1) is 13.2. The number of benzene rings is 2. The number of fused-ring (bicyclic) bond motifs is 1. The van der Waals surface area contributed by atoms with E-state index in [-0.39, 0.29) is 17.2 Å². The topological polar surface area (TPSA) is 50.7 Å². The number of carbonyl (C=O) groups is 1. The van der Waals surface area contributed by atoms with Crippen LogP contribution in [0.4, 0.5) is 0 Å². The summed E-state index contributed by atoms with van der Waals surface area (Å²) in [4.78, 5) is 12.4. The number of hydrogen-bond donors (Lipinski definition) is 1. The van der Waals surface area contributed by atoms with Crippen molar-refractivity contribution in [1.82, 2.24) is 5.43 Å². The van der Waals surface area contributed by atoms with Gasteiger partial charge in [0, 0.05) is 5.92 Å². The molecule has 2 aliphatic rings. The van der Waals surface area contributed by atoms with Crippen LogP contribution in [0, 0.1) is 17.3 Å². The number of carbonyl (C=O) groups excluding carboxylic acids is 1. The summed E-state index contributed by atoms with van der Waals surface area (Å²) in [5.41, 5.74) is 4.98. The highest BCUT2D eigenvalue weighted by Gasteiger charge is 2.64. The summed E-state index contributed by atoms with van der Waals surface area (Å²) >= 11 is 0. The number of rotatable bonds is 6. The summed E-state index contributed by atoms with van der Waals surface area (Å²) in [6, 6.07) is 17.8. The molecule has 4 nitrogen and oxygen atoms in total. The second kappa shape index (κ2) is 7.55. The van der Waals surface area contributed by atoms with Crippen LogP contribution in [0.2, 0.25) is 0 Å². The lowest BCUT2D eigenvalue weighted by atomic mass is 9.90. The van der Waals surface area contributed by atoms with E-state index in [1.165, 1.54) is 25.7 Å². The third kappa shape index (κ3) is 3.90. The van der Waals surface area contributed by atoms with Crippen molar-refractivity contribution in [2.75, 3.05) is 0 Å². The minimum atomic E-state index is 0.0668. The zero-order chi connectivity index (χ0) is 18.7. The fraction of sp³-hybridized carbons (Fsp3) is 0.391. The highest BCUT2D eigenvalue weighted by molar-refractivity contribution is 5.86. The van der Waals surface area contributed by atoms with Gasteiger partial charge in [-0.25, -0.2) is 5.43 Å². The van der Waals surface area contributed by atoms with Gasteiger partial charge in [-0.05, 0) is 47.4 Å². The number of ether oxygens (including phenoxy) is 1. The smallest absolute Gasteiger partial charge is 0.244 e. The van der Waals surface area contributed by atoms with Gasteiger partial charge in [-0.1, -0.05) is 62.2 Å². The van der Waals surface area contributed by atoms with Crippen LogP contribution in [-0.4, -0.2) is 12.1 Å². The number of amides is 1. The fourth-order valence-electron chi connectivity index (χ4n) is 4.52. The molecule has 2 aromatic rings. The van der Waals surface area contributed by atoms with E-state index < -0.39 is 0 Å². The summed E-state index contributed by atoms with van der Waals surface area (Å²) in [5, 5.41) is 4.17. The maximum Gasteiger partial charge on any atom is 0.244 e. The predicted molar refractivity (Wildman–Crippen MR) is 107 cm³/mol. The summed E-state index contributed by atoms with van der Waals surface area (Å²) in [5.74, 6) is 1.54. The SMILES string of the molecule is C[C@]12CCCC[C@@H]1[C@H]2C(=O)N/N=C\c1cccc(OCc2ccccc2)c1. The average Bonchev–Trinajstić information content (AvgIpc) is 3.33. The highest BCUT2D eigenvalue weighted by atomic mass is 16.5. The molecular formula is C23H26N2O2. The van der Waals surface area contributed by atoms with Crippen molar-refractivity contribution in [3.8, 4) is 5.75 Å². The molecule has 0 saturated heterocycles. The number of hydrazone groups is 1. The maximum absolute atomic E-state index is 12.4. The Morgan fingerprint density at radius 3 is 2.85 bits per heavy atom. The standard InChI is InChI=1S/C23H26N2O2/c1-23-13-6-5-12-20(23)21(23)22(26)25-24-15-18-10-7-11-19(14-18)27-16-17-8-3-2-4-9-17/h2-4,7-11,14-15,20-21H,5-6,12-13,16H2,1H3,(H,25,26)/b24-15-/t20-,21+,23+/m1/s1. The van der Waals surface area contributed by atoms with Crippen LogP contribution in [0.1, 0.15) is 43.7 Å². The quantitative estimate of drug-likeness (QED) is 0.606. The van der Waals surface area contributed by atoms with E-state index in [4.69, 9.17) is 4.74 Å². The van der Waals surface area contributed by atoms with E-state index in [0.717, 1.165) is 16.9 Å². The first-order valence-electron chi connectivity index (χ1n) is 9.76. The number of nitrogens with one attached hydrogen (secondary N) is 1. The Kier molecular flexibility index (Phi) is 4.97. The van der Waals surface area contributed by atoms with Crippen LogP contribution in [0.25, 0.3) is 0 Å². The molecule has 0 aliphatic heterocycles. The molecule has 2 aliphatic carbocycles. The summed E-state index contributed by atoms with van der Waals surface area (Å²) in [6.45, 7) is 2.78. The van der Waals surface area contributed by atoms with Crippen LogP contribution in [0.5, 0.6) is 5.75 Å². The Morgan fingerprint density at radius 1 is 1.22 bits per heavy atom. The number of nitrogens with zero attached hydrogens (tertiary/aromatic N) is 1. The van der Waals surface area contributed by atoms with Crippen LogP contribution in [0.3, 0.4) is 0 Å². The lowest BCUT2D eigenvalue weighted by molar-refractivity contribution is -0.123. The second-order valence-electron chi connectivity index (χ2n) is 7.92. The van der Waals surface area contributed by atoms with Gasteiger partial charge in [0.25, 0.3) is 0 Å². The molecule has 0 aromatic heterocycles. The van der Waals surface area contributed by atoms with Crippen LogP contribution < -0.4 is 10.2 Å². The largest absolute Gasteiger partial charge is 0.489 e. The zero-order valence-corrected chi connectivity index (χ0v) is 15.7. The van der Waals surface area contributed by atoms with Crippen LogP contribution >= 0.6 is 0 Å². The lowest BCUT2D eigenvalue weighted by Crippen LogP contribution is -2.22. The molecule has 3 atom stereocenters. The Morgan fingerprint density at radius 2 is 2.07 bits per heavy atom. The molecule has 4 rings (SSSR count). The van der Waals surface area contributed by atoms with Crippen molar-refractivity contribution >= 4 is 12.1 Å². The second-order valence-corrected chi connectivity index (χ2v) is 7.92. The maximum atomic E-state index is 12.4. The molecule has 27 heavy (non-hydrogen) atoms. The molecule has 0 heterocycles. The van der Waals surface area contributed by atoms with Crippen molar-refractivity contribution in [2.45, 2.75) is 39.2 Å². The molecule has 0 radical (unpaired) electrons. The number of hydrogen-bond acceptors (Lipinski definition) is 3. The van der Waals surface area contributed by atoms with Crippen LogP contribution in [0.15, 0.2) is 59.7 Å². The van der Waals surface area contributed by atoms with Gasteiger partial charge in [-0.3, -0.25) is 4.79 Å². The molecular weight excluding hydrogens is 336 g/mol. The minimum absolute atomic E-state index is 0.0668. The van der Waals surface area contributed by atoms with E-state index in [0.29, 0.717) is 12.5 Å². The van der Waals surface area contributed by atoms with Crippen LogP contribution in [-0.2, 0) is 11.4 Å². The first kappa shape index (κ1) is 17.8. The van der Waals surface area contributed by atoms with Gasteiger partial charge in [0.05, 0.1) is 6.21 Å². The molecule has 0 spiro atoms. The Balaban J connectivity index is 1.31. The monoisotopic (exact) mass is 362 g/mol. The van der Waals surface area contributed by atoms with Crippen molar-refractivity contribution in [3.05, 3.63) is 65.7 Å². The first-order valence-corrected chi connectivity index (χ1v) is 9.76. The molecule has 4 heteroatoms. The highest BCUT2D eigenvalue weighted by Crippen LogP contribution is 2.66.